The van der Waals surface area contributed by atoms with Crippen LogP contribution >= 0.6 is 0 Å². The normalized spacial score (nSPS) is 10.1. The van der Waals surface area contributed by atoms with E-state index < -0.39 is 4.92 Å². The second-order valence-electron chi connectivity index (χ2n) is 4.61. The van der Waals surface area contributed by atoms with Crippen LogP contribution in [-0.2, 0) is 6.54 Å². The minimum Gasteiger partial charge on any atom is -0.508 e. The SMILES string of the molecule is Cc1ccc(C(=O)NCc2ccc(O)cc2)cc1[N+](=O)[O-]. The van der Waals surface area contributed by atoms with Crippen molar-refractivity contribution in [3.8, 4) is 5.75 Å². The number of carbonyl (C=O) groups excluding carboxylic acids is 1. The third-order valence-electron chi connectivity index (χ3n) is 3.06. The van der Waals surface area contributed by atoms with Gasteiger partial charge in [-0.3, -0.25) is 14.9 Å². The molecule has 0 aliphatic heterocycles. The number of aromatic hydroxyl groups is 1. The van der Waals surface area contributed by atoms with E-state index in [-0.39, 0.29) is 29.5 Å². The van der Waals surface area contributed by atoms with Crippen LogP contribution in [0.25, 0.3) is 0 Å². The van der Waals surface area contributed by atoms with Gasteiger partial charge in [0, 0.05) is 23.7 Å². The van der Waals surface area contributed by atoms with Gasteiger partial charge in [0.25, 0.3) is 11.6 Å². The minimum atomic E-state index is -0.508. The molecule has 2 aromatic carbocycles. The molecular formula is C15H14N2O4. The molecule has 0 bridgehead atoms. The van der Waals surface area contributed by atoms with Crippen LogP contribution in [0.2, 0.25) is 0 Å². The lowest BCUT2D eigenvalue weighted by atomic mass is 10.1. The largest absolute Gasteiger partial charge is 0.508 e. The molecule has 0 aliphatic carbocycles. The van der Waals surface area contributed by atoms with Gasteiger partial charge >= 0.3 is 0 Å². The molecular weight excluding hydrogens is 272 g/mol. The number of nitrogens with one attached hydrogen (secondary N) is 1. The zero-order valence-electron chi connectivity index (χ0n) is 11.4. The molecule has 6 heteroatoms. The number of hydrogen-bond acceptors (Lipinski definition) is 4. The number of nitro benzene ring substituents is 1. The lowest BCUT2D eigenvalue weighted by Crippen LogP contribution is -2.22. The average molecular weight is 286 g/mol. The first-order valence-electron chi connectivity index (χ1n) is 6.28. The number of benzene rings is 2. The zero-order valence-corrected chi connectivity index (χ0v) is 11.4. The summed E-state index contributed by atoms with van der Waals surface area (Å²) < 4.78 is 0. The van der Waals surface area contributed by atoms with Gasteiger partial charge in [0.2, 0.25) is 0 Å². The third-order valence-corrected chi connectivity index (χ3v) is 3.06. The van der Waals surface area contributed by atoms with Crippen LogP contribution in [0.1, 0.15) is 21.5 Å². The molecule has 0 atom stereocenters. The van der Waals surface area contributed by atoms with E-state index in [1.165, 1.54) is 18.2 Å². The lowest BCUT2D eigenvalue weighted by molar-refractivity contribution is -0.385. The van der Waals surface area contributed by atoms with Crippen molar-refractivity contribution in [2.75, 3.05) is 0 Å². The molecule has 108 valence electrons. The number of aryl methyl sites for hydroxylation is 1. The van der Waals surface area contributed by atoms with Crippen LogP contribution in [0.5, 0.6) is 5.75 Å². The average Bonchev–Trinajstić information content (AvgIpc) is 2.46. The predicted molar refractivity (Wildman–Crippen MR) is 77.1 cm³/mol. The fourth-order valence-electron chi connectivity index (χ4n) is 1.85. The van der Waals surface area contributed by atoms with Crippen LogP contribution < -0.4 is 5.32 Å². The molecule has 0 unspecified atom stereocenters. The van der Waals surface area contributed by atoms with Gasteiger partial charge in [-0.15, -0.1) is 0 Å². The zero-order chi connectivity index (χ0) is 15.4. The number of nitrogens with zero attached hydrogens (tertiary/aromatic N) is 1. The smallest absolute Gasteiger partial charge is 0.273 e. The van der Waals surface area contributed by atoms with E-state index in [0.717, 1.165) is 5.56 Å². The van der Waals surface area contributed by atoms with Crippen molar-refractivity contribution < 1.29 is 14.8 Å². The number of rotatable bonds is 4. The molecule has 0 heterocycles. The first-order chi connectivity index (χ1) is 9.97. The Labute approximate surface area is 121 Å². The molecule has 0 saturated heterocycles. The van der Waals surface area contributed by atoms with Gasteiger partial charge in [-0.25, -0.2) is 0 Å². The fourth-order valence-corrected chi connectivity index (χ4v) is 1.85. The van der Waals surface area contributed by atoms with Gasteiger partial charge in [0.15, 0.2) is 0 Å². The van der Waals surface area contributed by atoms with Crippen molar-refractivity contribution in [2.45, 2.75) is 13.5 Å². The summed E-state index contributed by atoms with van der Waals surface area (Å²) >= 11 is 0. The van der Waals surface area contributed by atoms with Crippen molar-refractivity contribution in [3.05, 3.63) is 69.3 Å². The molecule has 6 nitrogen and oxygen atoms in total. The maximum Gasteiger partial charge on any atom is 0.273 e. The summed E-state index contributed by atoms with van der Waals surface area (Å²) in [7, 11) is 0. The molecule has 0 radical (unpaired) electrons. The molecule has 0 aliphatic rings. The number of phenols is 1. The molecule has 2 rings (SSSR count). The van der Waals surface area contributed by atoms with Crippen molar-refractivity contribution >= 4 is 11.6 Å². The predicted octanol–water partition coefficient (Wildman–Crippen LogP) is 2.54. The van der Waals surface area contributed by atoms with E-state index in [0.29, 0.717) is 5.56 Å². The van der Waals surface area contributed by atoms with E-state index in [1.54, 1.807) is 31.2 Å². The van der Waals surface area contributed by atoms with E-state index in [9.17, 15) is 14.9 Å². The number of nitro groups is 1. The molecule has 2 aromatic rings. The van der Waals surface area contributed by atoms with E-state index in [2.05, 4.69) is 5.32 Å². The van der Waals surface area contributed by atoms with E-state index >= 15 is 0 Å². The summed E-state index contributed by atoms with van der Waals surface area (Å²) in [6.07, 6.45) is 0. The summed E-state index contributed by atoms with van der Waals surface area (Å²) in [6.45, 7) is 1.90. The van der Waals surface area contributed by atoms with Crippen LogP contribution in [0, 0.1) is 17.0 Å². The van der Waals surface area contributed by atoms with Gasteiger partial charge in [-0.05, 0) is 30.7 Å². The Balaban J connectivity index is 2.08. The Hall–Kier alpha value is -2.89. The topological polar surface area (TPSA) is 92.5 Å². The Kier molecular flexibility index (Phi) is 4.18. The highest BCUT2D eigenvalue weighted by Crippen LogP contribution is 2.19. The van der Waals surface area contributed by atoms with Crippen LogP contribution in [0.15, 0.2) is 42.5 Å². The second-order valence-corrected chi connectivity index (χ2v) is 4.61. The van der Waals surface area contributed by atoms with Crippen molar-refractivity contribution in [1.29, 1.82) is 0 Å². The van der Waals surface area contributed by atoms with Gasteiger partial charge in [-0.2, -0.15) is 0 Å². The molecule has 2 N–H and O–H groups in total. The molecule has 1 amide bonds. The standard InChI is InChI=1S/C15H14N2O4/c1-10-2-5-12(8-14(10)17(20)21)15(19)16-9-11-3-6-13(18)7-4-11/h2-8,18H,9H2,1H3,(H,16,19). The van der Waals surface area contributed by atoms with Gasteiger partial charge in [0.1, 0.15) is 5.75 Å². The Morgan fingerprint density at radius 1 is 1.24 bits per heavy atom. The van der Waals surface area contributed by atoms with E-state index in [4.69, 9.17) is 5.11 Å². The summed E-state index contributed by atoms with van der Waals surface area (Å²) in [5.74, 6) is -0.231. The maximum absolute atomic E-state index is 12.0. The lowest BCUT2D eigenvalue weighted by Gasteiger charge is -2.06. The van der Waals surface area contributed by atoms with Gasteiger partial charge in [-0.1, -0.05) is 18.2 Å². The maximum atomic E-state index is 12.0. The molecule has 21 heavy (non-hydrogen) atoms. The highest BCUT2D eigenvalue weighted by atomic mass is 16.6. The minimum absolute atomic E-state index is 0.0766. The van der Waals surface area contributed by atoms with Crippen LogP contribution in [0.4, 0.5) is 5.69 Å². The number of carbonyl (C=O) groups is 1. The quantitative estimate of drug-likeness (QED) is 0.667. The Morgan fingerprint density at radius 3 is 2.52 bits per heavy atom. The summed E-state index contributed by atoms with van der Waals surface area (Å²) in [5, 5.41) is 22.7. The third kappa shape index (κ3) is 3.56. The van der Waals surface area contributed by atoms with Gasteiger partial charge < -0.3 is 10.4 Å². The summed E-state index contributed by atoms with van der Waals surface area (Å²) in [6, 6.07) is 10.8. The summed E-state index contributed by atoms with van der Waals surface area (Å²) in [4.78, 5) is 22.3. The molecule has 0 fully saturated rings. The monoisotopic (exact) mass is 286 g/mol. The molecule has 0 spiro atoms. The van der Waals surface area contributed by atoms with Crippen molar-refractivity contribution in [3.63, 3.8) is 0 Å². The van der Waals surface area contributed by atoms with Crippen molar-refractivity contribution in [1.82, 2.24) is 5.32 Å². The van der Waals surface area contributed by atoms with Crippen LogP contribution in [-0.4, -0.2) is 15.9 Å². The first-order valence-corrected chi connectivity index (χ1v) is 6.28. The second kappa shape index (κ2) is 6.04. The van der Waals surface area contributed by atoms with Crippen molar-refractivity contribution in [2.24, 2.45) is 0 Å². The highest BCUT2D eigenvalue weighted by molar-refractivity contribution is 5.94. The van der Waals surface area contributed by atoms with Gasteiger partial charge in [0.05, 0.1) is 4.92 Å². The Morgan fingerprint density at radius 2 is 1.90 bits per heavy atom. The number of phenolic OH excluding ortho intramolecular Hbond substituents is 1. The Bertz CT molecular complexity index is 681. The highest BCUT2D eigenvalue weighted by Gasteiger charge is 2.14. The first kappa shape index (κ1) is 14.5. The van der Waals surface area contributed by atoms with E-state index in [1.807, 2.05) is 0 Å². The summed E-state index contributed by atoms with van der Waals surface area (Å²) in [5.41, 5.74) is 1.50. The number of amides is 1. The fraction of sp³-hybridized carbons (Fsp3) is 0.133. The number of hydrogen-bond donors (Lipinski definition) is 2. The molecule has 0 saturated carbocycles. The van der Waals surface area contributed by atoms with Crippen LogP contribution in [0.3, 0.4) is 0 Å². The molecule has 0 aromatic heterocycles.